The van der Waals surface area contributed by atoms with Crippen molar-refractivity contribution in [1.29, 1.82) is 0 Å². The number of carbonyl (C=O) groups excluding carboxylic acids is 1. The maximum atomic E-state index is 15.5. The highest BCUT2D eigenvalue weighted by molar-refractivity contribution is 6.31. The Kier molecular flexibility index (Phi) is 5.54. The van der Waals surface area contributed by atoms with Gasteiger partial charge in [-0.2, -0.15) is 4.39 Å². The molecule has 1 aromatic carbocycles. The second-order valence-electron chi connectivity index (χ2n) is 10.7. The number of carbonyl (C=O) groups is 1. The van der Waals surface area contributed by atoms with E-state index in [-0.39, 0.29) is 45.3 Å². The summed E-state index contributed by atoms with van der Waals surface area (Å²) >= 11 is 6.15. The van der Waals surface area contributed by atoms with Crippen molar-refractivity contribution in [2.45, 2.75) is 45.6 Å². The monoisotopic (exact) mass is 535 g/mol. The lowest BCUT2D eigenvalue weighted by Gasteiger charge is -2.30. The number of nitrogens with one attached hydrogen (secondary N) is 1. The normalized spacial score (nSPS) is 17.9. The van der Waals surface area contributed by atoms with Crippen LogP contribution in [0.3, 0.4) is 0 Å². The maximum Gasteiger partial charge on any atom is 0.252 e. The molecule has 2 aliphatic rings. The van der Waals surface area contributed by atoms with Crippen molar-refractivity contribution >= 4 is 23.2 Å². The molecule has 4 heterocycles. The number of hydrogen-bond donors (Lipinski definition) is 2. The van der Waals surface area contributed by atoms with E-state index in [9.17, 15) is 14.0 Å². The summed E-state index contributed by atoms with van der Waals surface area (Å²) in [5.41, 5.74) is 7.44. The zero-order valence-corrected chi connectivity index (χ0v) is 21.5. The number of imidazole rings is 1. The van der Waals surface area contributed by atoms with E-state index in [4.69, 9.17) is 17.3 Å². The number of aromatic amines is 1. The average molecular weight is 536 g/mol. The summed E-state index contributed by atoms with van der Waals surface area (Å²) < 4.78 is 31.4. The Balaban J connectivity index is 1.52. The van der Waals surface area contributed by atoms with Gasteiger partial charge in [0.2, 0.25) is 5.95 Å². The van der Waals surface area contributed by atoms with Gasteiger partial charge in [-0.1, -0.05) is 31.5 Å². The summed E-state index contributed by atoms with van der Waals surface area (Å²) in [6.45, 7) is 3.94. The van der Waals surface area contributed by atoms with Gasteiger partial charge >= 0.3 is 0 Å². The first-order valence-electron chi connectivity index (χ1n) is 12.3. The number of nitrogen functional groups attached to an aromatic ring is 1. The highest BCUT2D eigenvalue weighted by Gasteiger charge is 2.37. The Bertz CT molecular complexity index is 1710. The van der Waals surface area contributed by atoms with Crippen LogP contribution in [-0.2, 0) is 12.8 Å². The average Bonchev–Trinajstić information content (AvgIpc) is 3.48. The highest BCUT2D eigenvalue weighted by atomic mass is 35.5. The standard InChI is InChI=1S/C28H24ClF2N5O2/c1-28(2)10-13-3-5-16(29)25(30)23(13)15-9-22(38)36-18(24(15)20(37)11-28)6-7-19(36)27-33-12-17(34-27)14-4-8-21(32)35-26(14)31/h3-5,8-9,12,19H,6-7,10-11H2,1-2H3,(H2,32,35)(H,33,34)/t19-/m0/s1. The van der Waals surface area contributed by atoms with E-state index in [1.807, 2.05) is 13.8 Å². The van der Waals surface area contributed by atoms with Crippen molar-refractivity contribution < 1.29 is 13.6 Å². The summed E-state index contributed by atoms with van der Waals surface area (Å²) in [5.74, 6) is -1.01. The SMILES string of the molecule is CC1(C)CC(=O)c2c(cc(=O)n3c2CC[C@H]3c2ncc(-c3ccc(N)nc3F)[nH]2)-c2c(ccc(Cl)c2F)C1. The second kappa shape index (κ2) is 8.59. The van der Waals surface area contributed by atoms with Crippen LogP contribution >= 0.6 is 11.6 Å². The summed E-state index contributed by atoms with van der Waals surface area (Å²) in [6.07, 6.45) is 3.09. The van der Waals surface area contributed by atoms with Crippen LogP contribution in [0.15, 0.2) is 41.3 Å². The van der Waals surface area contributed by atoms with Crippen LogP contribution in [0.25, 0.3) is 22.4 Å². The number of fused-ring (bicyclic) bond motifs is 5. The molecule has 0 fully saturated rings. The molecule has 3 N–H and O–H groups in total. The van der Waals surface area contributed by atoms with Gasteiger partial charge < -0.3 is 15.3 Å². The molecule has 3 aromatic heterocycles. The first-order valence-corrected chi connectivity index (χ1v) is 12.7. The molecule has 0 unspecified atom stereocenters. The molecule has 7 nitrogen and oxygen atoms in total. The molecule has 0 saturated carbocycles. The third-order valence-corrected chi connectivity index (χ3v) is 7.72. The summed E-state index contributed by atoms with van der Waals surface area (Å²) in [5, 5.41) is -0.0634. The molecular formula is C28H24ClF2N5O2. The molecule has 1 atom stereocenters. The molecule has 1 aliphatic carbocycles. The Morgan fingerprint density at radius 2 is 1.89 bits per heavy atom. The number of halogens is 3. The number of hydrogen-bond acceptors (Lipinski definition) is 5. The molecule has 1 aliphatic heterocycles. The zero-order chi connectivity index (χ0) is 26.9. The van der Waals surface area contributed by atoms with E-state index in [2.05, 4.69) is 15.0 Å². The van der Waals surface area contributed by atoms with E-state index in [0.717, 1.165) is 0 Å². The minimum absolute atomic E-state index is 0.0610. The minimum atomic E-state index is -0.738. The van der Waals surface area contributed by atoms with Crippen molar-refractivity contribution in [2.75, 3.05) is 5.73 Å². The topological polar surface area (TPSA) is 107 Å². The molecule has 6 rings (SSSR count). The molecular weight excluding hydrogens is 512 g/mol. The van der Waals surface area contributed by atoms with E-state index < -0.39 is 23.2 Å². The Hall–Kier alpha value is -3.85. The third-order valence-electron chi connectivity index (χ3n) is 7.43. The van der Waals surface area contributed by atoms with Crippen LogP contribution in [-0.4, -0.2) is 25.3 Å². The predicted octanol–water partition coefficient (Wildman–Crippen LogP) is 5.50. The molecule has 0 bridgehead atoms. The predicted molar refractivity (Wildman–Crippen MR) is 140 cm³/mol. The largest absolute Gasteiger partial charge is 0.384 e. The van der Waals surface area contributed by atoms with Crippen molar-refractivity contribution in [3.8, 4) is 22.4 Å². The lowest BCUT2D eigenvalue weighted by atomic mass is 9.74. The first kappa shape index (κ1) is 24.5. The Labute approximate surface area is 221 Å². The summed E-state index contributed by atoms with van der Waals surface area (Å²) in [4.78, 5) is 38.4. The number of ketones is 1. The van der Waals surface area contributed by atoms with Gasteiger partial charge in [0.25, 0.3) is 5.56 Å². The van der Waals surface area contributed by atoms with E-state index >= 15 is 4.39 Å². The number of Topliss-reactive ketones (excluding diaryl/α,β-unsaturated/α-hetero) is 1. The molecule has 10 heteroatoms. The van der Waals surface area contributed by atoms with E-state index in [0.29, 0.717) is 47.6 Å². The molecule has 0 amide bonds. The van der Waals surface area contributed by atoms with Crippen molar-refractivity contribution in [3.63, 3.8) is 0 Å². The van der Waals surface area contributed by atoms with E-state index in [1.165, 1.54) is 30.5 Å². The molecule has 194 valence electrons. The number of nitrogens with two attached hydrogens (primary N) is 1. The quantitative estimate of drug-likeness (QED) is 0.329. The fourth-order valence-corrected chi connectivity index (χ4v) is 6.01. The summed E-state index contributed by atoms with van der Waals surface area (Å²) in [7, 11) is 0. The molecule has 4 aromatic rings. The van der Waals surface area contributed by atoms with Crippen LogP contribution < -0.4 is 11.3 Å². The number of nitrogens with zero attached hydrogens (tertiary/aromatic N) is 3. The van der Waals surface area contributed by atoms with Gasteiger partial charge in [-0.15, -0.1) is 0 Å². The van der Waals surface area contributed by atoms with Crippen LogP contribution in [0.5, 0.6) is 0 Å². The van der Waals surface area contributed by atoms with Crippen LogP contribution in [0.2, 0.25) is 5.02 Å². The fraction of sp³-hybridized carbons (Fsp3) is 0.286. The maximum absolute atomic E-state index is 15.5. The molecule has 38 heavy (non-hydrogen) atoms. The number of pyridine rings is 2. The molecule has 0 radical (unpaired) electrons. The number of H-pyrrole nitrogens is 1. The first-order chi connectivity index (χ1) is 18.0. The minimum Gasteiger partial charge on any atom is -0.384 e. The zero-order valence-electron chi connectivity index (χ0n) is 20.7. The lowest BCUT2D eigenvalue weighted by molar-refractivity contribution is 0.0929. The van der Waals surface area contributed by atoms with Gasteiger partial charge in [0.15, 0.2) is 5.78 Å². The van der Waals surface area contributed by atoms with Crippen molar-refractivity contribution in [2.24, 2.45) is 5.41 Å². The fourth-order valence-electron chi connectivity index (χ4n) is 5.85. The van der Waals surface area contributed by atoms with Gasteiger partial charge in [-0.25, -0.2) is 14.4 Å². The summed E-state index contributed by atoms with van der Waals surface area (Å²) in [6, 6.07) is 7.10. The van der Waals surface area contributed by atoms with Gasteiger partial charge in [0, 0.05) is 34.9 Å². The number of benzene rings is 1. The number of aromatic nitrogens is 4. The Morgan fingerprint density at radius 3 is 2.66 bits per heavy atom. The van der Waals surface area contributed by atoms with Gasteiger partial charge in [-0.3, -0.25) is 9.59 Å². The molecule has 0 saturated heterocycles. The van der Waals surface area contributed by atoms with Gasteiger partial charge in [-0.05, 0) is 48.4 Å². The smallest absolute Gasteiger partial charge is 0.252 e. The van der Waals surface area contributed by atoms with Gasteiger partial charge in [0.1, 0.15) is 17.5 Å². The molecule has 0 spiro atoms. The van der Waals surface area contributed by atoms with Crippen LogP contribution in [0.1, 0.15) is 60.2 Å². The van der Waals surface area contributed by atoms with E-state index in [1.54, 1.807) is 10.6 Å². The number of anilines is 1. The van der Waals surface area contributed by atoms with Crippen molar-refractivity contribution in [3.05, 3.63) is 86.3 Å². The van der Waals surface area contributed by atoms with Crippen molar-refractivity contribution in [1.82, 2.24) is 19.5 Å². The second-order valence-corrected chi connectivity index (χ2v) is 11.1. The Morgan fingerprint density at radius 1 is 1.11 bits per heavy atom. The highest BCUT2D eigenvalue weighted by Crippen LogP contribution is 2.43. The van der Waals surface area contributed by atoms with Crippen LogP contribution in [0.4, 0.5) is 14.6 Å². The number of rotatable bonds is 2. The van der Waals surface area contributed by atoms with Crippen LogP contribution in [0, 0.1) is 17.2 Å². The third kappa shape index (κ3) is 3.84. The van der Waals surface area contributed by atoms with Gasteiger partial charge in [0.05, 0.1) is 28.5 Å². The lowest BCUT2D eigenvalue weighted by Crippen LogP contribution is -2.30.